The number of rotatable bonds is 5. The molecule has 0 aliphatic carbocycles. The molecule has 0 bridgehead atoms. The third-order valence-corrected chi connectivity index (χ3v) is 4.92. The summed E-state index contributed by atoms with van der Waals surface area (Å²) >= 11 is 0. The normalized spacial score (nSPS) is 19.8. The molecule has 0 radical (unpaired) electrons. The molecule has 1 atom stereocenters. The molecule has 1 aromatic carbocycles. The van der Waals surface area contributed by atoms with Crippen molar-refractivity contribution < 1.29 is 18.0 Å². The topological polar surface area (TPSA) is 83.9 Å². The van der Waals surface area contributed by atoms with Crippen molar-refractivity contribution in [2.24, 2.45) is 15.7 Å². The van der Waals surface area contributed by atoms with Gasteiger partial charge in [-0.15, -0.1) is 0 Å². The van der Waals surface area contributed by atoms with Gasteiger partial charge in [-0.3, -0.25) is 14.7 Å². The van der Waals surface area contributed by atoms with Crippen LogP contribution in [-0.4, -0.2) is 35.5 Å². The third kappa shape index (κ3) is 3.98. The Morgan fingerprint density at radius 2 is 1.97 bits per heavy atom. The summed E-state index contributed by atoms with van der Waals surface area (Å²) in [5.41, 5.74) is 4.73. The van der Waals surface area contributed by atoms with Crippen LogP contribution in [0.5, 0.6) is 0 Å². The fourth-order valence-electron chi connectivity index (χ4n) is 3.27. The van der Waals surface area contributed by atoms with Gasteiger partial charge >= 0.3 is 6.18 Å². The van der Waals surface area contributed by atoms with Gasteiger partial charge in [-0.1, -0.05) is 30.3 Å². The van der Waals surface area contributed by atoms with Crippen LogP contribution in [0, 0.1) is 0 Å². The first kappa shape index (κ1) is 21.9. The van der Waals surface area contributed by atoms with E-state index in [0.29, 0.717) is 5.56 Å². The molecule has 160 valence electrons. The van der Waals surface area contributed by atoms with Crippen LogP contribution in [0.25, 0.3) is 5.57 Å². The number of hydrogen-bond acceptors (Lipinski definition) is 5. The van der Waals surface area contributed by atoms with Crippen molar-refractivity contribution >= 4 is 24.2 Å². The quantitative estimate of drug-likeness (QED) is 0.583. The summed E-state index contributed by atoms with van der Waals surface area (Å²) in [5.74, 6) is -0.701. The monoisotopic (exact) mass is 427 g/mol. The molecule has 1 aromatic heterocycles. The summed E-state index contributed by atoms with van der Waals surface area (Å²) in [6, 6.07) is 10.2. The molecular formula is C22H20F3N5O. The summed E-state index contributed by atoms with van der Waals surface area (Å²) in [6.07, 6.45) is 0.335. The number of pyridine rings is 1. The second kappa shape index (κ2) is 8.17. The van der Waals surface area contributed by atoms with Gasteiger partial charge in [0.25, 0.3) is 5.91 Å². The van der Waals surface area contributed by atoms with Crippen molar-refractivity contribution in [3.05, 3.63) is 83.3 Å². The Kier molecular flexibility index (Phi) is 5.79. The van der Waals surface area contributed by atoms with E-state index in [1.54, 1.807) is 30.4 Å². The number of alkyl halides is 3. The summed E-state index contributed by atoms with van der Waals surface area (Å²) in [6.45, 7) is 5.21. The highest BCUT2D eigenvalue weighted by Gasteiger charge is 2.51. The average molecular weight is 427 g/mol. The number of carbonyl (C=O) groups is 1. The zero-order chi connectivity index (χ0) is 22.8. The number of aromatic nitrogens is 1. The number of hydrogen-bond donors (Lipinski definition) is 1. The van der Waals surface area contributed by atoms with Crippen molar-refractivity contribution in [3.8, 4) is 0 Å². The molecule has 3 rings (SSSR count). The highest BCUT2D eigenvalue weighted by Crippen LogP contribution is 2.40. The second-order valence-corrected chi connectivity index (χ2v) is 6.90. The molecule has 1 aliphatic rings. The predicted octanol–water partition coefficient (Wildman–Crippen LogP) is 3.75. The van der Waals surface area contributed by atoms with E-state index in [4.69, 9.17) is 5.73 Å². The molecule has 1 unspecified atom stereocenters. The van der Waals surface area contributed by atoms with Gasteiger partial charge in [0.2, 0.25) is 5.54 Å². The van der Waals surface area contributed by atoms with E-state index in [9.17, 15) is 18.0 Å². The molecule has 2 N–H and O–H groups in total. The standard InChI is InChI=1S/C22H20F3N5O/c1-14(7-6-12-27-2)15-8-4-9-16(13-15)21(19(31)30(3)20(26)29-21)17-10-5-11-18(28-17)22(23,24)25/h4-13H,2H2,1,3H3,(H2,26,29)/b12-6-,14-7+. The molecule has 0 saturated carbocycles. The maximum atomic E-state index is 13.3. The fraction of sp³-hybridized carbons (Fsp3) is 0.182. The predicted molar refractivity (Wildman–Crippen MR) is 113 cm³/mol. The van der Waals surface area contributed by atoms with Crippen LogP contribution in [0.4, 0.5) is 13.2 Å². The zero-order valence-electron chi connectivity index (χ0n) is 16.9. The van der Waals surface area contributed by atoms with Gasteiger partial charge in [0.15, 0.2) is 5.96 Å². The Balaban J connectivity index is 2.23. The molecule has 9 heteroatoms. The number of benzene rings is 1. The van der Waals surface area contributed by atoms with Gasteiger partial charge in [0, 0.05) is 13.2 Å². The Morgan fingerprint density at radius 3 is 2.58 bits per heavy atom. The van der Waals surface area contributed by atoms with E-state index < -0.39 is 23.3 Å². The van der Waals surface area contributed by atoms with Gasteiger partial charge in [0.05, 0.1) is 5.69 Å². The number of nitrogens with zero attached hydrogens (tertiary/aromatic N) is 4. The second-order valence-electron chi connectivity index (χ2n) is 6.90. The lowest BCUT2D eigenvalue weighted by Crippen LogP contribution is -2.41. The van der Waals surface area contributed by atoms with E-state index in [1.807, 2.05) is 13.0 Å². The van der Waals surface area contributed by atoms with Crippen molar-refractivity contribution in [1.29, 1.82) is 0 Å². The molecular weight excluding hydrogens is 407 g/mol. The Hall–Kier alpha value is -3.75. The third-order valence-electron chi connectivity index (χ3n) is 4.92. The van der Waals surface area contributed by atoms with Crippen molar-refractivity contribution in [2.45, 2.75) is 18.6 Å². The maximum Gasteiger partial charge on any atom is 0.433 e. The molecule has 6 nitrogen and oxygen atoms in total. The molecule has 0 fully saturated rings. The van der Waals surface area contributed by atoms with Gasteiger partial charge in [-0.05, 0) is 54.6 Å². The fourth-order valence-corrected chi connectivity index (χ4v) is 3.27. The van der Waals surface area contributed by atoms with Gasteiger partial charge in [-0.2, -0.15) is 13.2 Å². The minimum atomic E-state index is -4.67. The number of guanidine groups is 1. The van der Waals surface area contributed by atoms with Gasteiger partial charge in [0.1, 0.15) is 5.69 Å². The van der Waals surface area contributed by atoms with Gasteiger partial charge < -0.3 is 5.73 Å². The molecule has 0 spiro atoms. The van der Waals surface area contributed by atoms with Crippen molar-refractivity contribution in [2.75, 3.05) is 7.05 Å². The number of aliphatic imine (C=N–C) groups is 2. The van der Waals surface area contributed by atoms with E-state index in [0.717, 1.165) is 22.1 Å². The first-order chi connectivity index (χ1) is 14.6. The molecule has 2 aromatic rings. The van der Waals surface area contributed by atoms with E-state index >= 15 is 0 Å². The minimum Gasteiger partial charge on any atom is -0.369 e. The minimum absolute atomic E-state index is 0.109. The van der Waals surface area contributed by atoms with Crippen LogP contribution in [0.2, 0.25) is 0 Å². The Labute approximate surface area is 177 Å². The van der Waals surface area contributed by atoms with Crippen LogP contribution < -0.4 is 5.73 Å². The molecule has 2 heterocycles. The number of likely N-dealkylation sites (N-methyl/N-ethyl adjacent to an activating group) is 1. The largest absolute Gasteiger partial charge is 0.433 e. The number of amides is 1. The zero-order valence-corrected chi connectivity index (χ0v) is 16.9. The smallest absolute Gasteiger partial charge is 0.369 e. The van der Waals surface area contributed by atoms with Crippen LogP contribution in [-0.2, 0) is 16.5 Å². The van der Waals surface area contributed by atoms with Crippen LogP contribution >= 0.6 is 0 Å². The van der Waals surface area contributed by atoms with Crippen LogP contribution in [0.1, 0.15) is 29.4 Å². The van der Waals surface area contributed by atoms with Crippen molar-refractivity contribution in [3.63, 3.8) is 0 Å². The summed E-state index contributed by atoms with van der Waals surface area (Å²) in [7, 11) is 1.42. The highest BCUT2D eigenvalue weighted by atomic mass is 19.4. The SMILES string of the molecule is C=N/C=C\C=C(/C)c1cccc(C2(c3cccc(C(F)(F)F)n3)N=C(N)N(C)C2=O)c1. The lowest BCUT2D eigenvalue weighted by Gasteiger charge is -2.26. The van der Waals surface area contributed by atoms with E-state index in [1.165, 1.54) is 25.4 Å². The highest BCUT2D eigenvalue weighted by molar-refractivity contribution is 6.08. The Bertz CT molecular complexity index is 1120. The molecule has 31 heavy (non-hydrogen) atoms. The maximum absolute atomic E-state index is 13.3. The molecule has 1 amide bonds. The van der Waals surface area contributed by atoms with Crippen LogP contribution in [0.3, 0.4) is 0 Å². The number of allylic oxidation sites excluding steroid dienone is 3. The first-order valence-electron chi connectivity index (χ1n) is 9.19. The number of nitrogens with two attached hydrogens (primary N) is 1. The average Bonchev–Trinajstić information content (AvgIpc) is 2.98. The van der Waals surface area contributed by atoms with Gasteiger partial charge in [-0.25, -0.2) is 9.98 Å². The van der Waals surface area contributed by atoms with Crippen molar-refractivity contribution in [1.82, 2.24) is 9.88 Å². The van der Waals surface area contributed by atoms with E-state index in [-0.39, 0.29) is 11.7 Å². The summed E-state index contributed by atoms with van der Waals surface area (Å²) < 4.78 is 39.9. The lowest BCUT2D eigenvalue weighted by atomic mass is 9.84. The number of carbonyl (C=O) groups excluding carboxylic acids is 1. The summed E-state index contributed by atoms with van der Waals surface area (Å²) in [5, 5.41) is 0. The first-order valence-corrected chi connectivity index (χ1v) is 9.19. The number of halogens is 3. The van der Waals surface area contributed by atoms with Crippen LogP contribution in [0.15, 0.2) is 70.8 Å². The Morgan fingerprint density at radius 1 is 1.26 bits per heavy atom. The molecule has 1 aliphatic heterocycles. The summed E-state index contributed by atoms with van der Waals surface area (Å²) in [4.78, 5) is 26.0. The van der Waals surface area contributed by atoms with E-state index in [2.05, 4.69) is 21.7 Å². The lowest BCUT2D eigenvalue weighted by molar-refractivity contribution is -0.141. The molecule has 0 saturated heterocycles.